The number of benzene rings is 3. The zero-order valence-corrected chi connectivity index (χ0v) is 27.3. The van der Waals surface area contributed by atoms with Crippen LogP contribution >= 0.6 is 11.6 Å². The average molecular weight is 626 g/mol. The number of hydrogen-bond donors (Lipinski definition) is 1. The number of carbonyl (C=O) groups is 2. The molecular weight excluding hydrogens is 582 g/mol. The highest BCUT2D eigenvalue weighted by molar-refractivity contribution is 6.30. The second-order valence-corrected chi connectivity index (χ2v) is 13.6. The number of carbonyl (C=O) groups excluding carboxylic acids is 2. The van der Waals surface area contributed by atoms with Gasteiger partial charge in [-0.1, -0.05) is 48.0 Å². The first-order valence-electron chi connectivity index (χ1n) is 16.1. The van der Waals surface area contributed by atoms with Crippen molar-refractivity contribution in [3.63, 3.8) is 0 Å². The van der Waals surface area contributed by atoms with Crippen molar-refractivity contribution in [3.05, 3.63) is 101 Å². The van der Waals surface area contributed by atoms with Gasteiger partial charge >= 0.3 is 0 Å². The maximum atomic E-state index is 14.8. The fourth-order valence-corrected chi connectivity index (χ4v) is 7.49. The predicted molar refractivity (Wildman–Crippen MR) is 183 cm³/mol. The minimum Gasteiger partial charge on any atom is -0.361 e. The number of H-pyrrole nitrogens is 1. The van der Waals surface area contributed by atoms with Crippen molar-refractivity contribution in [3.8, 4) is 0 Å². The summed E-state index contributed by atoms with van der Waals surface area (Å²) in [7, 11) is 6.28. The number of likely N-dealkylation sites (tertiary alicyclic amines) is 1. The van der Waals surface area contributed by atoms with E-state index >= 15 is 0 Å². The maximum absolute atomic E-state index is 14.8. The van der Waals surface area contributed by atoms with Crippen LogP contribution in [0.2, 0.25) is 5.02 Å². The summed E-state index contributed by atoms with van der Waals surface area (Å²) in [4.78, 5) is 39.7. The van der Waals surface area contributed by atoms with Gasteiger partial charge in [-0.15, -0.1) is 0 Å². The topological polar surface area (TPSA) is 62.9 Å². The highest BCUT2D eigenvalue weighted by Crippen LogP contribution is 2.34. The number of amides is 2. The molecule has 0 bridgehead atoms. The first kappa shape index (κ1) is 31.3. The van der Waals surface area contributed by atoms with Crippen LogP contribution in [0, 0.1) is 11.8 Å². The first-order valence-corrected chi connectivity index (χ1v) is 16.5. The number of fused-ring (bicyclic) bond motifs is 2. The van der Waals surface area contributed by atoms with Crippen LogP contribution in [-0.2, 0) is 17.6 Å². The Labute approximate surface area is 271 Å². The largest absolute Gasteiger partial charge is 0.361 e. The van der Waals surface area contributed by atoms with Crippen molar-refractivity contribution in [2.24, 2.45) is 11.8 Å². The molecule has 6 rings (SSSR count). The van der Waals surface area contributed by atoms with Crippen LogP contribution in [0.4, 0.5) is 5.69 Å². The smallest absolute Gasteiger partial charge is 0.253 e. The molecule has 1 N–H and O–H groups in total. The van der Waals surface area contributed by atoms with E-state index in [1.165, 1.54) is 0 Å². The molecule has 45 heavy (non-hydrogen) atoms. The van der Waals surface area contributed by atoms with Crippen LogP contribution in [-0.4, -0.2) is 91.4 Å². The molecule has 1 saturated heterocycles. The third-order valence-corrected chi connectivity index (χ3v) is 9.78. The molecule has 0 unspecified atom stereocenters. The molecule has 0 spiro atoms. The Morgan fingerprint density at radius 2 is 1.67 bits per heavy atom. The third kappa shape index (κ3) is 7.11. The summed E-state index contributed by atoms with van der Waals surface area (Å²) < 4.78 is 0. The van der Waals surface area contributed by atoms with Crippen LogP contribution in [0.25, 0.3) is 10.9 Å². The number of nitrogens with zero attached hydrogens (tertiary/aromatic N) is 4. The van der Waals surface area contributed by atoms with Gasteiger partial charge in [0.2, 0.25) is 5.91 Å². The van der Waals surface area contributed by atoms with Crippen LogP contribution in [0.5, 0.6) is 0 Å². The number of para-hydroxylation sites is 1. The second-order valence-electron chi connectivity index (χ2n) is 13.2. The van der Waals surface area contributed by atoms with Crippen LogP contribution < -0.4 is 4.90 Å². The van der Waals surface area contributed by atoms with Gasteiger partial charge in [0.15, 0.2) is 0 Å². The fraction of sp³-hybridized carbons (Fsp3) is 0.405. The highest BCUT2D eigenvalue weighted by atomic mass is 35.5. The summed E-state index contributed by atoms with van der Waals surface area (Å²) >= 11 is 6.44. The highest BCUT2D eigenvalue weighted by Gasteiger charge is 2.36. The summed E-state index contributed by atoms with van der Waals surface area (Å²) in [5.41, 5.74) is 5.09. The summed E-state index contributed by atoms with van der Waals surface area (Å²) in [6, 6.07) is 23.5. The Morgan fingerprint density at radius 3 is 2.42 bits per heavy atom. The molecule has 2 atom stereocenters. The van der Waals surface area contributed by atoms with Crippen molar-refractivity contribution in [1.82, 2.24) is 19.7 Å². The van der Waals surface area contributed by atoms with Crippen molar-refractivity contribution in [1.29, 1.82) is 0 Å². The molecule has 2 aliphatic heterocycles. The van der Waals surface area contributed by atoms with Crippen molar-refractivity contribution >= 4 is 40.0 Å². The van der Waals surface area contributed by atoms with Crippen molar-refractivity contribution < 1.29 is 9.59 Å². The van der Waals surface area contributed by atoms with Crippen LogP contribution in [0.15, 0.2) is 79.0 Å². The van der Waals surface area contributed by atoms with Gasteiger partial charge < -0.3 is 19.7 Å². The molecule has 0 aliphatic carbocycles. The lowest BCUT2D eigenvalue weighted by Gasteiger charge is -2.40. The number of aromatic amines is 1. The Kier molecular flexibility index (Phi) is 9.59. The first-order chi connectivity index (χ1) is 21.8. The Balaban J connectivity index is 1.23. The van der Waals surface area contributed by atoms with Gasteiger partial charge in [0.25, 0.3) is 5.91 Å². The molecule has 1 aromatic heterocycles. The van der Waals surface area contributed by atoms with Gasteiger partial charge in [0.1, 0.15) is 0 Å². The van der Waals surface area contributed by atoms with E-state index in [4.69, 9.17) is 11.6 Å². The van der Waals surface area contributed by atoms with E-state index in [0.717, 1.165) is 78.7 Å². The Bertz CT molecular complexity index is 1630. The normalized spacial score (nSPS) is 18.0. The van der Waals surface area contributed by atoms with E-state index in [9.17, 15) is 9.59 Å². The number of anilines is 1. The van der Waals surface area contributed by atoms with E-state index in [1.807, 2.05) is 64.4 Å². The molecule has 4 aromatic rings. The van der Waals surface area contributed by atoms with Crippen molar-refractivity contribution in [2.75, 3.05) is 58.8 Å². The van der Waals surface area contributed by atoms with E-state index in [1.54, 1.807) is 0 Å². The molecule has 0 radical (unpaired) electrons. The summed E-state index contributed by atoms with van der Waals surface area (Å²) in [5.74, 6) is 0.958. The number of rotatable bonds is 9. The van der Waals surface area contributed by atoms with Gasteiger partial charge in [-0.3, -0.25) is 14.5 Å². The molecule has 7 nitrogen and oxygen atoms in total. The lowest BCUT2D eigenvalue weighted by atomic mass is 9.90. The monoisotopic (exact) mass is 625 g/mol. The lowest BCUT2D eigenvalue weighted by Crippen LogP contribution is -2.53. The second kappa shape index (κ2) is 13.8. The molecule has 1 fully saturated rings. The van der Waals surface area contributed by atoms with E-state index in [0.29, 0.717) is 29.8 Å². The third-order valence-electron chi connectivity index (χ3n) is 9.55. The molecule has 8 heteroatoms. The minimum atomic E-state index is -0.338. The van der Waals surface area contributed by atoms with Gasteiger partial charge in [-0.2, -0.15) is 0 Å². The van der Waals surface area contributed by atoms with Crippen molar-refractivity contribution in [2.45, 2.75) is 31.7 Å². The van der Waals surface area contributed by atoms with Gasteiger partial charge in [0, 0.05) is 66.1 Å². The molecule has 236 valence electrons. The summed E-state index contributed by atoms with van der Waals surface area (Å²) in [6.45, 7) is 3.86. The van der Waals surface area contributed by atoms with E-state index in [-0.39, 0.29) is 17.9 Å². The number of piperidine rings is 1. The molecule has 2 amide bonds. The molecule has 3 aromatic carbocycles. The van der Waals surface area contributed by atoms with Gasteiger partial charge in [-0.05, 0) is 106 Å². The summed E-state index contributed by atoms with van der Waals surface area (Å²) in [5, 5.41) is 1.86. The zero-order valence-electron chi connectivity index (χ0n) is 26.6. The maximum Gasteiger partial charge on any atom is 0.253 e. The van der Waals surface area contributed by atoms with Crippen LogP contribution in [0.1, 0.15) is 34.3 Å². The van der Waals surface area contributed by atoms with Crippen LogP contribution in [0.3, 0.4) is 0 Å². The van der Waals surface area contributed by atoms with E-state index < -0.39 is 0 Å². The number of aromatic nitrogens is 1. The number of likely N-dealkylation sites (N-methyl/N-ethyl adjacent to an activating group) is 1. The molecular formula is C37H44ClN5O2. The number of halogens is 1. The zero-order chi connectivity index (χ0) is 31.5. The Hall–Kier alpha value is -3.65. The fourth-order valence-electron chi connectivity index (χ4n) is 7.30. The molecule has 2 aliphatic rings. The Morgan fingerprint density at radius 1 is 0.933 bits per heavy atom. The number of nitrogens with one attached hydrogen (secondary N) is 1. The lowest BCUT2D eigenvalue weighted by molar-refractivity contribution is -0.123. The average Bonchev–Trinajstić information content (AvgIpc) is 3.45. The van der Waals surface area contributed by atoms with E-state index in [2.05, 4.69) is 60.3 Å². The molecule has 0 saturated carbocycles. The quantitative estimate of drug-likeness (QED) is 0.248. The standard InChI is InChI=1S/C37H44ClN5O2/c1-40(2)23-27-19-29-20-31(38)13-14-34(29)43(25-27)37(45)35(21-30-22-39-33-12-8-7-11-32(30)33)41(3)24-26-15-17-42(18-16-26)36(44)28-9-5-4-6-10-28/h4-14,20,22,26-27,35,39H,15-19,21,23-25H2,1-3H3/t27-,35-/m1/s1. The number of hydrogen-bond acceptors (Lipinski definition) is 4. The predicted octanol–water partition coefficient (Wildman–Crippen LogP) is 5.98. The molecule has 3 heterocycles. The minimum absolute atomic E-state index is 0.103. The SMILES string of the molecule is CN(C)C[C@H]1Cc2cc(Cl)ccc2N(C(=O)[C@@H](Cc2c[nH]c3ccccc23)N(C)CC2CCN(C(=O)c3ccccc3)CC2)C1. The summed E-state index contributed by atoms with van der Waals surface area (Å²) in [6.07, 6.45) is 5.43. The van der Waals surface area contributed by atoms with Gasteiger partial charge in [0.05, 0.1) is 6.04 Å². The van der Waals surface area contributed by atoms with Gasteiger partial charge in [-0.25, -0.2) is 0 Å².